The summed E-state index contributed by atoms with van der Waals surface area (Å²) in [5.74, 6) is -0.0574. The van der Waals surface area contributed by atoms with Crippen LogP contribution in [0, 0.1) is 16.0 Å². The zero-order valence-electron chi connectivity index (χ0n) is 16.7. The Morgan fingerprint density at radius 2 is 1.71 bits per heavy atom. The molecule has 0 saturated heterocycles. The second-order valence-corrected chi connectivity index (χ2v) is 7.38. The Balaban J connectivity index is 1.54. The molecule has 1 aliphatic carbocycles. The number of carbonyl (C=O) groups is 1. The Hall–Kier alpha value is -4.06. The van der Waals surface area contributed by atoms with Gasteiger partial charge in [0.2, 0.25) is 5.91 Å². The van der Waals surface area contributed by atoms with Crippen molar-refractivity contribution in [3.8, 4) is 0 Å². The zero-order valence-corrected chi connectivity index (χ0v) is 16.7. The summed E-state index contributed by atoms with van der Waals surface area (Å²) in [6.45, 7) is 0. The van der Waals surface area contributed by atoms with Crippen LogP contribution in [0.15, 0.2) is 96.1 Å². The number of nitrogens with one attached hydrogen (secondary N) is 1. The number of non-ortho nitro benzene ring substituents is 1. The lowest BCUT2D eigenvalue weighted by Crippen LogP contribution is -2.21. The van der Waals surface area contributed by atoms with E-state index in [1.807, 2.05) is 66.7 Å². The van der Waals surface area contributed by atoms with Crippen molar-refractivity contribution in [2.75, 3.05) is 0 Å². The number of nitrogens with zero attached hydrogens (tertiary/aromatic N) is 2. The van der Waals surface area contributed by atoms with Crippen LogP contribution in [0.1, 0.15) is 29.0 Å². The van der Waals surface area contributed by atoms with Gasteiger partial charge in [-0.05, 0) is 29.5 Å². The molecule has 154 valence electrons. The largest absolute Gasteiger partial charge is 0.273 e. The van der Waals surface area contributed by atoms with Crippen LogP contribution in [0.25, 0.3) is 6.08 Å². The van der Waals surface area contributed by atoms with E-state index in [0.717, 1.165) is 17.5 Å². The fourth-order valence-electron chi connectivity index (χ4n) is 3.47. The van der Waals surface area contributed by atoms with Crippen LogP contribution >= 0.6 is 0 Å². The molecule has 6 nitrogen and oxygen atoms in total. The Labute approximate surface area is 180 Å². The van der Waals surface area contributed by atoms with E-state index in [1.165, 1.54) is 12.1 Å². The number of hydrazone groups is 1. The highest BCUT2D eigenvalue weighted by atomic mass is 16.6. The first-order valence-electron chi connectivity index (χ1n) is 10.0. The first kappa shape index (κ1) is 20.2. The summed E-state index contributed by atoms with van der Waals surface area (Å²) in [5.41, 5.74) is 5.72. The van der Waals surface area contributed by atoms with E-state index in [2.05, 4.69) is 10.5 Å². The topological polar surface area (TPSA) is 84.6 Å². The van der Waals surface area contributed by atoms with Crippen molar-refractivity contribution in [3.63, 3.8) is 0 Å². The Bertz CT molecular complexity index is 1140. The summed E-state index contributed by atoms with van der Waals surface area (Å²) in [7, 11) is 0. The fraction of sp³-hybridized carbons (Fsp3) is 0.120. The van der Waals surface area contributed by atoms with Gasteiger partial charge in [-0.25, -0.2) is 5.43 Å². The van der Waals surface area contributed by atoms with Crippen LogP contribution < -0.4 is 5.43 Å². The van der Waals surface area contributed by atoms with Crippen LogP contribution in [-0.4, -0.2) is 16.5 Å². The van der Waals surface area contributed by atoms with Gasteiger partial charge in [0.15, 0.2) is 0 Å². The maximum absolute atomic E-state index is 12.6. The van der Waals surface area contributed by atoms with E-state index in [1.54, 1.807) is 18.2 Å². The smallest absolute Gasteiger partial charge is 0.270 e. The molecule has 0 aromatic heterocycles. The summed E-state index contributed by atoms with van der Waals surface area (Å²) in [6.07, 6.45) is 4.39. The average molecular weight is 411 g/mol. The van der Waals surface area contributed by atoms with Crippen molar-refractivity contribution in [1.29, 1.82) is 0 Å². The van der Waals surface area contributed by atoms with Gasteiger partial charge in [-0.3, -0.25) is 14.9 Å². The first-order chi connectivity index (χ1) is 15.1. The molecule has 0 spiro atoms. The minimum absolute atomic E-state index is 0.0315. The first-order valence-corrected chi connectivity index (χ1v) is 10.0. The summed E-state index contributed by atoms with van der Waals surface area (Å²) in [5, 5.41) is 15.5. The number of benzene rings is 3. The molecule has 4 rings (SSSR count). The van der Waals surface area contributed by atoms with Crippen molar-refractivity contribution >= 4 is 23.4 Å². The molecule has 0 unspecified atom stereocenters. The molecular formula is C25H21N3O3. The lowest BCUT2D eigenvalue weighted by Gasteiger charge is -2.05. The number of allylic oxidation sites excluding steroid dienone is 1. The summed E-state index contributed by atoms with van der Waals surface area (Å²) < 4.78 is 0. The van der Waals surface area contributed by atoms with E-state index in [0.29, 0.717) is 11.3 Å². The number of carbonyl (C=O) groups excluding carboxylic acids is 1. The maximum atomic E-state index is 12.6. The molecule has 1 N–H and O–H groups in total. The lowest BCUT2D eigenvalue weighted by atomic mass is 10.1. The molecular weight excluding hydrogens is 390 g/mol. The van der Waals surface area contributed by atoms with Crippen LogP contribution in [0.2, 0.25) is 0 Å². The fourth-order valence-corrected chi connectivity index (χ4v) is 3.47. The van der Waals surface area contributed by atoms with Crippen LogP contribution in [0.4, 0.5) is 5.69 Å². The van der Waals surface area contributed by atoms with Crippen LogP contribution in [0.3, 0.4) is 0 Å². The molecule has 1 saturated carbocycles. The quantitative estimate of drug-likeness (QED) is 0.340. The van der Waals surface area contributed by atoms with Crippen molar-refractivity contribution in [1.82, 2.24) is 5.43 Å². The molecule has 0 aliphatic heterocycles. The van der Waals surface area contributed by atoms with Gasteiger partial charge in [-0.2, -0.15) is 5.10 Å². The molecule has 1 fully saturated rings. The molecule has 2 atom stereocenters. The summed E-state index contributed by atoms with van der Waals surface area (Å²) in [6, 6.07) is 25.8. The van der Waals surface area contributed by atoms with Gasteiger partial charge in [-0.1, -0.05) is 78.9 Å². The van der Waals surface area contributed by atoms with Gasteiger partial charge < -0.3 is 0 Å². The molecule has 0 radical (unpaired) electrons. The Kier molecular flexibility index (Phi) is 5.98. The van der Waals surface area contributed by atoms with Gasteiger partial charge in [0.05, 0.1) is 10.6 Å². The van der Waals surface area contributed by atoms with Crippen molar-refractivity contribution in [3.05, 3.63) is 118 Å². The average Bonchev–Trinajstić information content (AvgIpc) is 3.61. The number of hydrogen-bond acceptors (Lipinski definition) is 4. The van der Waals surface area contributed by atoms with E-state index >= 15 is 0 Å². The minimum atomic E-state index is -0.449. The van der Waals surface area contributed by atoms with E-state index in [9.17, 15) is 14.9 Å². The highest BCUT2D eigenvalue weighted by molar-refractivity contribution is 6.11. The summed E-state index contributed by atoms with van der Waals surface area (Å²) in [4.78, 5) is 23.3. The lowest BCUT2D eigenvalue weighted by molar-refractivity contribution is -0.384. The Morgan fingerprint density at radius 1 is 1.00 bits per heavy atom. The Morgan fingerprint density at radius 3 is 2.42 bits per heavy atom. The standard InChI is InChI=1S/C25H21N3O3/c29-25(23-17-22(23)19-10-5-2-6-11-19)27-26-24(15-14-18-8-3-1-4-9-18)20-12-7-13-21(16-20)28(30)31/h1-16,22-23H,17H2,(H,27,29)/b15-14+,26-24+/t22-,23+/m0/s1. The molecule has 0 heterocycles. The third-order valence-electron chi connectivity index (χ3n) is 5.23. The van der Waals surface area contributed by atoms with E-state index in [-0.39, 0.29) is 23.4 Å². The van der Waals surface area contributed by atoms with Gasteiger partial charge in [-0.15, -0.1) is 0 Å². The highest BCUT2D eigenvalue weighted by Crippen LogP contribution is 2.47. The second-order valence-electron chi connectivity index (χ2n) is 7.38. The number of nitro benzene ring substituents is 1. The number of nitro groups is 1. The molecule has 31 heavy (non-hydrogen) atoms. The second kappa shape index (κ2) is 9.17. The van der Waals surface area contributed by atoms with Crippen LogP contribution in [-0.2, 0) is 4.79 Å². The zero-order chi connectivity index (χ0) is 21.6. The van der Waals surface area contributed by atoms with Crippen LogP contribution in [0.5, 0.6) is 0 Å². The van der Waals surface area contributed by atoms with Crippen molar-refractivity contribution in [2.24, 2.45) is 11.0 Å². The van der Waals surface area contributed by atoms with Crippen molar-refractivity contribution < 1.29 is 9.72 Å². The molecule has 3 aromatic carbocycles. The number of amides is 1. The van der Waals surface area contributed by atoms with E-state index in [4.69, 9.17) is 0 Å². The number of rotatable bonds is 7. The maximum Gasteiger partial charge on any atom is 0.270 e. The molecule has 6 heteroatoms. The van der Waals surface area contributed by atoms with Gasteiger partial charge in [0.1, 0.15) is 0 Å². The minimum Gasteiger partial charge on any atom is -0.273 e. The molecule has 1 amide bonds. The number of hydrogen-bond donors (Lipinski definition) is 1. The SMILES string of the molecule is O=C(N/N=C(\C=C\c1ccccc1)c1cccc([N+](=O)[O-])c1)[C@@H]1C[C@H]1c1ccccc1. The molecule has 3 aromatic rings. The van der Waals surface area contributed by atoms with Gasteiger partial charge >= 0.3 is 0 Å². The summed E-state index contributed by atoms with van der Waals surface area (Å²) >= 11 is 0. The molecule has 0 bridgehead atoms. The normalized spacial score (nSPS) is 18.0. The predicted octanol–water partition coefficient (Wildman–Crippen LogP) is 4.93. The molecule has 1 aliphatic rings. The third-order valence-corrected chi connectivity index (χ3v) is 5.23. The third kappa shape index (κ3) is 5.11. The highest BCUT2D eigenvalue weighted by Gasteiger charge is 2.43. The van der Waals surface area contributed by atoms with E-state index < -0.39 is 4.92 Å². The van der Waals surface area contributed by atoms with Crippen molar-refractivity contribution in [2.45, 2.75) is 12.3 Å². The van der Waals surface area contributed by atoms with Gasteiger partial charge in [0, 0.05) is 23.6 Å². The predicted molar refractivity (Wildman–Crippen MR) is 121 cm³/mol. The monoisotopic (exact) mass is 411 g/mol. The van der Waals surface area contributed by atoms with Gasteiger partial charge in [0.25, 0.3) is 5.69 Å².